The average Bonchev–Trinajstić information content (AvgIpc) is 2.54. The molecule has 5 nitrogen and oxygen atoms in total. The minimum Gasteiger partial charge on any atom is -0.465 e. The summed E-state index contributed by atoms with van der Waals surface area (Å²) in [5, 5.41) is 2.99. The Bertz CT molecular complexity index is 533. The quantitative estimate of drug-likeness (QED) is 0.836. The average molecular weight is 304 g/mol. The summed E-state index contributed by atoms with van der Waals surface area (Å²) in [5.74, 6) is -0.455. The molecule has 5 heteroatoms. The van der Waals surface area contributed by atoms with Crippen LogP contribution in [0.25, 0.3) is 0 Å². The van der Waals surface area contributed by atoms with E-state index in [-0.39, 0.29) is 17.9 Å². The molecule has 0 spiro atoms. The van der Waals surface area contributed by atoms with Gasteiger partial charge in [-0.05, 0) is 37.5 Å². The third-order valence-electron chi connectivity index (χ3n) is 4.38. The van der Waals surface area contributed by atoms with Gasteiger partial charge >= 0.3 is 5.97 Å². The highest BCUT2D eigenvalue weighted by Crippen LogP contribution is 2.27. The fourth-order valence-corrected chi connectivity index (χ4v) is 2.86. The Labute approximate surface area is 131 Å². The molecule has 1 aliphatic rings. The van der Waals surface area contributed by atoms with E-state index in [0.29, 0.717) is 5.56 Å². The zero-order valence-corrected chi connectivity index (χ0v) is 13.2. The Morgan fingerprint density at radius 2 is 1.77 bits per heavy atom. The number of hydrogen-bond donors (Lipinski definition) is 2. The van der Waals surface area contributed by atoms with Gasteiger partial charge in [0, 0.05) is 0 Å². The van der Waals surface area contributed by atoms with Crippen LogP contribution in [0.3, 0.4) is 0 Å². The summed E-state index contributed by atoms with van der Waals surface area (Å²) in [6.07, 6.45) is 4.65. The summed E-state index contributed by atoms with van der Waals surface area (Å²) in [6, 6.07) is 6.88. The maximum atomic E-state index is 12.4. The summed E-state index contributed by atoms with van der Waals surface area (Å²) in [5.41, 5.74) is 6.92. The van der Waals surface area contributed by atoms with E-state index in [0.717, 1.165) is 37.7 Å². The number of nitrogens with two attached hydrogens (primary N) is 1. The zero-order valence-electron chi connectivity index (χ0n) is 13.2. The third kappa shape index (κ3) is 3.65. The van der Waals surface area contributed by atoms with Crippen molar-refractivity contribution in [3.05, 3.63) is 35.4 Å². The molecule has 1 amide bonds. The van der Waals surface area contributed by atoms with Gasteiger partial charge in [-0.2, -0.15) is 0 Å². The van der Waals surface area contributed by atoms with E-state index in [9.17, 15) is 9.59 Å². The van der Waals surface area contributed by atoms with Gasteiger partial charge in [0.25, 0.3) is 0 Å². The van der Waals surface area contributed by atoms with Crippen molar-refractivity contribution in [3.8, 4) is 0 Å². The molecule has 1 aliphatic carbocycles. The smallest absolute Gasteiger partial charge is 0.337 e. The first-order valence-corrected chi connectivity index (χ1v) is 7.74. The molecule has 120 valence electrons. The van der Waals surface area contributed by atoms with E-state index >= 15 is 0 Å². The van der Waals surface area contributed by atoms with E-state index in [1.54, 1.807) is 12.1 Å². The van der Waals surface area contributed by atoms with E-state index in [1.165, 1.54) is 7.11 Å². The van der Waals surface area contributed by atoms with Crippen LogP contribution in [0.15, 0.2) is 24.3 Å². The number of esters is 1. The first kappa shape index (κ1) is 16.5. The summed E-state index contributed by atoms with van der Waals surface area (Å²) in [6.45, 7) is 1.91. The van der Waals surface area contributed by atoms with Crippen LogP contribution in [0.2, 0.25) is 0 Å². The van der Waals surface area contributed by atoms with Crippen LogP contribution in [0.5, 0.6) is 0 Å². The van der Waals surface area contributed by atoms with Crippen molar-refractivity contribution < 1.29 is 14.3 Å². The predicted molar refractivity (Wildman–Crippen MR) is 84.3 cm³/mol. The second-order valence-electron chi connectivity index (χ2n) is 6.03. The molecule has 0 radical (unpaired) electrons. The Balaban J connectivity index is 2.00. The maximum Gasteiger partial charge on any atom is 0.337 e. The largest absolute Gasteiger partial charge is 0.465 e. The lowest BCUT2D eigenvalue weighted by atomic mass is 9.81. The Hall–Kier alpha value is -1.88. The normalized spacial score (nSPS) is 18.3. The molecule has 1 aromatic rings. The molecule has 0 saturated heterocycles. The highest BCUT2D eigenvalue weighted by Gasteiger charge is 2.35. The fourth-order valence-electron chi connectivity index (χ4n) is 2.86. The van der Waals surface area contributed by atoms with Gasteiger partial charge in [0.05, 0.1) is 24.3 Å². The van der Waals surface area contributed by atoms with Crippen molar-refractivity contribution in [1.29, 1.82) is 0 Å². The highest BCUT2D eigenvalue weighted by atomic mass is 16.5. The Kier molecular flexibility index (Phi) is 5.19. The van der Waals surface area contributed by atoms with Gasteiger partial charge in [0.1, 0.15) is 0 Å². The van der Waals surface area contributed by atoms with E-state index in [1.807, 2.05) is 19.1 Å². The number of amides is 1. The lowest BCUT2D eigenvalue weighted by Crippen LogP contribution is -2.55. The topological polar surface area (TPSA) is 81.4 Å². The molecule has 0 heterocycles. The van der Waals surface area contributed by atoms with Crippen molar-refractivity contribution in [1.82, 2.24) is 5.32 Å². The number of hydrogen-bond acceptors (Lipinski definition) is 4. The second-order valence-corrected chi connectivity index (χ2v) is 6.03. The molecule has 0 unspecified atom stereocenters. The number of ether oxygens (including phenoxy) is 1. The van der Waals surface area contributed by atoms with Gasteiger partial charge in [-0.1, -0.05) is 31.4 Å². The molecule has 1 atom stereocenters. The van der Waals surface area contributed by atoms with Crippen molar-refractivity contribution in [2.24, 2.45) is 5.73 Å². The van der Waals surface area contributed by atoms with Gasteiger partial charge in [0.15, 0.2) is 0 Å². The van der Waals surface area contributed by atoms with E-state index in [2.05, 4.69) is 10.1 Å². The standard InChI is InChI=1S/C17H24N2O3/c1-12(13-6-8-14(9-7-13)15(20)22-2)19-16(21)17(18)10-4-3-5-11-17/h6-9,12H,3-5,10-11,18H2,1-2H3,(H,19,21)/t12-/m0/s1. The third-order valence-corrected chi connectivity index (χ3v) is 4.38. The molecule has 1 aromatic carbocycles. The molecular weight excluding hydrogens is 280 g/mol. The number of carbonyl (C=O) groups is 2. The molecular formula is C17H24N2O3. The molecule has 0 aromatic heterocycles. The van der Waals surface area contributed by atoms with Crippen molar-refractivity contribution in [2.75, 3.05) is 7.11 Å². The van der Waals surface area contributed by atoms with Gasteiger partial charge in [-0.25, -0.2) is 4.79 Å². The Morgan fingerprint density at radius 3 is 2.32 bits per heavy atom. The highest BCUT2D eigenvalue weighted by molar-refractivity contribution is 5.89. The van der Waals surface area contributed by atoms with Crippen molar-refractivity contribution in [3.63, 3.8) is 0 Å². The Morgan fingerprint density at radius 1 is 1.18 bits per heavy atom. The molecule has 0 bridgehead atoms. The van der Waals surface area contributed by atoms with Gasteiger partial charge in [-0.15, -0.1) is 0 Å². The molecule has 1 saturated carbocycles. The lowest BCUT2D eigenvalue weighted by Gasteiger charge is -2.33. The van der Waals surface area contributed by atoms with Gasteiger partial charge in [0.2, 0.25) is 5.91 Å². The lowest BCUT2D eigenvalue weighted by molar-refractivity contribution is -0.128. The molecule has 22 heavy (non-hydrogen) atoms. The van der Waals surface area contributed by atoms with Gasteiger partial charge in [-0.3, -0.25) is 4.79 Å². The van der Waals surface area contributed by atoms with Crippen LogP contribution in [0.1, 0.15) is 61.0 Å². The minimum atomic E-state index is -0.738. The van der Waals surface area contributed by atoms with Gasteiger partial charge < -0.3 is 15.8 Å². The van der Waals surface area contributed by atoms with Crippen molar-refractivity contribution >= 4 is 11.9 Å². The number of rotatable bonds is 4. The van der Waals surface area contributed by atoms with Crippen LogP contribution < -0.4 is 11.1 Å². The minimum absolute atomic E-state index is 0.0863. The fraction of sp³-hybridized carbons (Fsp3) is 0.529. The first-order chi connectivity index (χ1) is 10.5. The zero-order chi connectivity index (χ0) is 16.2. The van der Waals surface area contributed by atoms with Crippen LogP contribution in [0.4, 0.5) is 0 Å². The monoisotopic (exact) mass is 304 g/mol. The number of nitrogens with one attached hydrogen (secondary N) is 1. The molecule has 2 rings (SSSR count). The van der Waals surface area contributed by atoms with Crippen LogP contribution >= 0.6 is 0 Å². The number of benzene rings is 1. The van der Waals surface area contributed by atoms with Crippen LogP contribution in [-0.2, 0) is 9.53 Å². The summed E-state index contributed by atoms with van der Waals surface area (Å²) in [4.78, 5) is 23.8. The molecule has 0 aliphatic heterocycles. The van der Waals surface area contributed by atoms with Crippen LogP contribution in [-0.4, -0.2) is 24.5 Å². The number of carbonyl (C=O) groups excluding carboxylic acids is 2. The maximum absolute atomic E-state index is 12.4. The SMILES string of the molecule is COC(=O)c1ccc([C@H](C)NC(=O)C2(N)CCCCC2)cc1. The summed E-state index contributed by atoms with van der Waals surface area (Å²) in [7, 11) is 1.35. The molecule has 1 fully saturated rings. The summed E-state index contributed by atoms with van der Waals surface area (Å²) >= 11 is 0. The predicted octanol–water partition coefficient (Wildman–Crippen LogP) is 2.31. The van der Waals surface area contributed by atoms with Crippen LogP contribution in [0, 0.1) is 0 Å². The first-order valence-electron chi connectivity index (χ1n) is 7.74. The van der Waals surface area contributed by atoms with E-state index in [4.69, 9.17) is 5.73 Å². The second kappa shape index (κ2) is 6.92. The van der Waals surface area contributed by atoms with E-state index < -0.39 is 5.54 Å². The summed E-state index contributed by atoms with van der Waals surface area (Å²) < 4.78 is 4.67. The van der Waals surface area contributed by atoms with Crippen molar-refractivity contribution in [2.45, 2.75) is 50.6 Å². The molecule has 3 N–H and O–H groups in total. The number of methoxy groups -OCH3 is 1.